The summed E-state index contributed by atoms with van der Waals surface area (Å²) in [5.41, 5.74) is 0.345. The van der Waals surface area contributed by atoms with Gasteiger partial charge in [0, 0.05) is 23.6 Å². The first-order valence-corrected chi connectivity index (χ1v) is 24.9. The minimum absolute atomic E-state index is 0.0271. The Morgan fingerprint density at radius 3 is 2.11 bits per heavy atom. The smallest absolute Gasteiger partial charge is 0.265 e. The van der Waals surface area contributed by atoms with Crippen molar-refractivity contribution in [2.24, 2.45) is 23.2 Å². The highest BCUT2D eigenvalue weighted by Gasteiger charge is 2.70. The average molecular weight is 917 g/mol. The van der Waals surface area contributed by atoms with Crippen molar-refractivity contribution >= 4 is 41.6 Å². The third-order valence-electron chi connectivity index (χ3n) is 13.2. The Hall–Kier alpha value is -4.01. The summed E-state index contributed by atoms with van der Waals surface area (Å²) in [5, 5.41) is 7.26. The fourth-order valence-electron chi connectivity index (χ4n) is 8.97. The summed E-state index contributed by atoms with van der Waals surface area (Å²) in [6.07, 6.45) is 1.17. The van der Waals surface area contributed by atoms with E-state index >= 15 is 18.8 Å². The van der Waals surface area contributed by atoms with Crippen molar-refractivity contribution < 1.29 is 37.2 Å². The molecule has 0 amide bonds. The van der Waals surface area contributed by atoms with E-state index in [-0.39, 0.29) is 72.1 Å². The third kappa shape index (κ3) is 8.33. The molecule has 0 spiro atoms. The van der Waals surface area contributed by atoms with Gasteiger partial charge in [0.2, 0.25) is 5.78 Å². The lowest BCUT2D eigenvalue weighted by molar-refractivity contribution is -0.151. The first-order chi connectivity index (χ1) is 28.7. The molecule has 1 N–H and O–H groups in total. The van der Waals surface area contributed by atoms with Gasteiger partial charge in [-0.15, -0.1) is 0 Å². The minimum Gasteiger partial charge on any atom is -0.487 e. The van der Waals surface area contributed by atoms with Crippen LogP contribution in [0.1, 0.15) is 109 Å². The number of nitrogens with zero attached hydrogens (tertiary/aromatic N) is 2. The van der Waals surface area contributed by atoms with E-state index in [2.05, 4.69) is 47.2 Å². The molecule has 7 rings (SSSR count). The van der Waals surface area contributed by atoms with Crippen molar-refractivity contribution in [2.45, 2.75) is 110 Å². The molecule has 61 heavy (non-hydrogen) atoms. The standard InChI is InChI=1S/C48H59BrFN3O7Si/c1-46(2,3)21-22-51-25-32-37(49)41(57-26-28-17-13-11-14-18-28)35-31(38(32)50)23-30-24-33-39(53(7)8)42-36(45(52-59-42)58-27-29-19-15-12-16-20-29)44(56)48(33,43(55)34(30)40(35)54)60-61(9,10)47(4,5)6/h11-20,30,33-34,39,51H,21-27H2,1-10H3/t30-,33-,34?,39-,48-/m0/s1. The monoisotopic (exact) mass is 915 g/mol. The lowest BCUT2D eigenvalue weighted by atomic mass is 9.54. The van der Waals surface area contributed by atoms with Gasteiger partial charge in [0.25, 0.3) is 5.88 Å². The fourth-order valence-corrected chi connectivity index (χ4v) is 11.1. The van der Waals surface area contributed by atoms with Crippen molar-refractivity contribution in [3.63, 3.8) is 0 Å². The number of hydrogen-bond donors (Lipinski definition) is 1. The van der Waals surface area contributed by atoms with Gasteiger partial charge in [0.15, 0.2) is 31.2 Å². The maximum absolute atomic E-state index is 17.2. The molecule has 1 aromatic heterocycles. The molecule has 0 radical (unpaired) electrons. The van der Waals surface area contributed by atoms with Crippen LogP contribution in [0.3, 0.4) is 0 Å². The Balaban J connectivity index is 1.36. The second-order valence-corrected chi connectivity index (χ2v) is 25.4. The summed E-state index contributed by atoms with van der Waals surface area (Å²) >= 11 is 3.67. The molecule has 4 aromatic rings. The molecule has 1 unspecified atom stereocenters. The summed E-state index contributed by atoms with van der Waals surface area (Å²) in [5.74, 6) is -4.63. The molecule has 0 bridgehead atoms. The van der Waals surface area contributed by atoms with E-state index in [1.165, 1.54) is 0 Å². The number of nitrogens with one attached hydrogen (secondary N) is 1. The molecule has 10 nitrogen and oxygen atoms in total. The van der Waals surface area contributed by atoms with Crippen LogP contribution in [0.2, 0.25) is 18.1 Å². The molecule has 326 valence electrons. The third-order valence-corrected chi connectivity index (χ3v) is 18.5. The molecule has 3 aliphatic carbocycles. The van der Waals surface area contributed by atoms with E-state index in [4.69, 9.17) is 18.4 Å². The molecule has 3 aliphatic rings. The van der Waals surface area contributed by atoms with Crippen LogP contribution < -0.4 is 14.8 Å². The normalized spacial score (nSPS) is 22.7. The molecule has 1 saturated carbocycles. The molecule has 1 fully saturated rings. The van der Waals surface area contributed by atoms with Gasteiger partial charge in [-0.25, -0.2) is 4.39 Å². The SMILES string of the molecule is CN(C)[C@@H]1c2onc(OCc3ccccc3)c2C(=O)[C@@]2(O[Si](C)(C)C(C)(C)C)C(=O)C3C(=O)c4c(c(F)c(CNCCC(C)(C)C)c(Br)c4OCc4ccccc4)C[C@H]3C[C@@H]12. The predicted octanol–water partition coefficient (Wildman–Crippen LogP) is 10.1. The van der Waals surface area contributed by atoms with Crippen molar-refractivity contribution in [1.82, 2.24) is 15.4 Å². The highest BCUT2D eigenvalue weighted by Crippen LogP contribution is 2.59. The van der Waals surface area contributed by atoms with Crippen LogP contribution in [0.25, 0.3) is 0 Å². The van der Waals surface area contributed by atoms with Gasteiger partial charge in [0.1, 0.15) is 30.3 Å². The van der Waals surface area contributed by atoms with E-state index in [0.717, 1.165) is 17.5 Å². The predicted molar refractivity (Wildman–Crippen MR) is 238 cm³/mol. The lowest BCUT2D eigenvalue weighted by Gasteiger charge is -2.56. The molecule has 3 aromatic carbocycles. The van der Waals surface area contributed by atoms with E-state index in [9.17, 15) is 0 Å². The van der Waals surface area contributed by atoms with E-state index in [1.807, 2.05) is 114 Å². The summed E-state index contributed by atoms with van der Waals surface area (Å²) in [6, 6.07) is 18.3. The molecular formula is C48H59BrFN3O7Si. The number of carbonyl (C=O) groups excluding carboxylic acids is 3. The number of benzene rings is 3. The Bertz CT molecular complexity index is 2300. The zero-order valence-electron chi connectivity index (χ0n) is 37.0. The number of hydrogen-bond acceptors (Lipinski definition) is 10. The van der Waals surface area contributed by atoms with E-state index in [1.54, 1.807) is 0 Å². The van der Waals surface area contributed by atoms with Crippen LogP contribution in [-0.4, -0.2) is 62.0 Å². The highest BCUT2D eigenvalue weighted by molar-refractivity contribution is 9.10. The van der Waals surface area contributed by atoms with Crippen molar-refractivity contribution in [3.05, 3.63) is 110 Å². The largest absolute Gasteiger partial charge is 0.487 e. The zero-order chi connectivity index (χ0) is 44.2. The molecule has 0 saturated heterocycles. The summed E-state index contributed by atoms with van der Waals surface area (Å²) in [6.45, 7) is 17.7. The molecular weight excluding hydrogens is 858 g/mol. The average Bonchev–Trinajstić information content (AvgIpc) is 3.61. The van der Waals surface area contributed by atoms with Crippen molar-refractivity contribution in [1.29, 1.82) is 0 Å². The second-order valence-electron chi connectivity index (χ2n) is 19.9. The maximum Gasteiger partial charge on any atom is 0.265 e. The summed E-state index contributed by atoms with van der Waals surface area (Å²) in [4.78, 5) is 48.8. The van der Waals surface area contributed by atoms with Gasteiger partial charge < -0.3 is 23.7 Å². The topological polar surface area (TPSA) is 120 Å². The highest BCUT2D eigenvalue weighted by atomic mass is 79.9. The number of aromatic nitrogens is 1. The lowest BCUT2D eigenvalue weighted by Crippen LogP contribution is -2.70. The Kier molecular flexibility index (Phi) is 12.5. The van der Waals surface area contributed by atoms with Gasteiger partial charge in [-0.2, -0.15) is 0 Å². The molecule has 13 heteroatoms. The number of fused-ring (bicyclic) bond motifs is 4. The second kappa shape index (κ2) is 16.9. The zero-order valence-corrected chi connectivity index (χ0v) is 39.6. The number of ketones is 3. The van der Waals surface area contributed by atoms with Gasteiger partial charge in [-0.1, -0.05) is 102 Å². The minimum atomic E-state index is -2.97. The van der Waals surface area contributed by atoms with Crippen LogP contribution in [0.5, 0.6) is 11.6 Å². The van der Waals surface area contributed by atoms with Crippen LogP contribution in [0.15, 0.2) is 69.7 Å². The summed E-state index contributed by atoms with van der Waals surface area (Å²) < 4.78 is 43.5. The van der Waals surface area contributed by atoms with Crippen LogP contribution in [-0.2, 0) is 35.4 Å². The van der Waals surface area contributed by atoms with Crippen molar-refractivity contribution in [2.75, 3.05) is 20.6 Å². The number of halogens is 2. The Morgan fingerprint density at radius 1 is 0.934 bits per heavy atom. The van der Waals surface area contributed by atoms with Crippen LogP contribution in [0.4, 0.5) is 4.39 Å². The van der Waals surface area contributed by atoms with Crippen LogP contribution >= 0.6 is 15.9 Å². The number of ether oxygens (including phenoxy) is 2. The molecule has 1 heterocycles. The van der Waals surface area contributed by atoms with Gasteiger partial charge >= 0.3 is 0 Å². The first kappa shape index (κ1) is 45.0. The molecule has 5 atom stereocenters. The quantitative estimate of drug-likeness (QED) is 0.0789. The van der Waals surface area contributed by atoms with Gasteiger partial charge in [-0.05, 0) is 102 Å². The number of carbonyl (C=O) groups is 3. The van der Waals surface area contributed by atoms with Crippen LogP contribution in [0, 0.1) is 29.0 Å². The van der Waals surface area contributed by atoms with Gasteiger partial charge in [0.05, 0.1) is 22.0 Å². The first-order valence-electron chi connectivity index (χ1n) is 21.2. The van der Waals surface area contributed by atoms with E-state index < -0.39 is 65.9 Å². The fraction of sp³-hybridized carbons (Fsp3) is 0.500. The van der Waals surface area contributed by atoms with Gasteiger partial charge in [-0.3, -0.25) is 19.3 Å². The van der Waals surface area contributed by atoms with E-state index in [0.29, 0.717) is 16.6 Å². The summed E-state index contributed by atoms with van der Waals surface area (Å²) in [7, 11) is 0.745. The molecule has 0 aliphatic heterocycles. The Labute approximate surface area is 368 Å². The number of Topliss-reactive ketones (excluding diaryl/α,β-unsaturated/α-hetero) is 3. The van der Waals surface area contributed by atoms with Crippen molar-refractivity contribution in [3.8, 4) is 11.6 Å². The Morgan fingerprint density at radius 2 is 1.54 bits per heavy atom. The maximum atomic E-state index is 17.2. The number of rotatable bonds is 13.